The van der Waals surface area contributed by atoms with Gasteiger partial charge in [-0.25, -0.2) is 4.68 Å². The number of amides is 1. The Hall–Kier alpha value is -4.13. The van der Waals surface area contributed by atoms with Crippen LogP contribution in [0, 0.1) is 6.92 Å². The topological polar surface area (TPSA) is 78.3 Å². The number of nitrogens with one attached hydrogen (secondary N) is 1. The monoisotopic (exact) mass is 414 g/mol. The summed E-state index contributed by atoms with van der Waals surface area (Å²) >= 11 is 0. The predicted molar refractivity (Wildman–Crippen MR) is 119 cm³/mol. The van der Waals surface area contributed by atoms with E-state index in [2.05, 4.69) is 15.6 Å². The van der Waals surface area contributed by atoms with Crippen LogP contribution < -0.4 is 14.8 Å². The SMILES string of the molecule is COc1ccc(NC(=O)c2ccc(-n3nncc3-c3ccc(C)cc3)cc2)c(OC)c1. The van der Waals surface area contributed by atoms with Crippen LogP contribution in [0.3, 0.4) is 0 Å². The minimum Gasteiger partial charge on any atom is -0.497 e. The number of methoxy groups -OCH3 is 2. The van der Waals surface area contributed by atoms with Gasteiger partial charge in [-0.15, -0.1) is 5.10 Å². The third-order valence-electron chi connectivity index (χ3n) is 4.93. The van der Waals surface area contributed by atoms with Crippen molar-refractivity contribution in [1.82, 2.24) is 15.0 Å². The van der Waals surface area contributed by atoms with Crippen LogP contribution in [0.4, 0.5) is 5.69 Å². The summed E-state index contributed by atoms with van der Waals surface area (Å²) in [5, 5.41) is 11.1. The lowest BCUT2D eigenvalue weighted by molar-refractivity contribution is 0.102. The molecule has 3 aromatic carbocycles. The molecule has 1 heterocycles. The van der Waals surface area contributed by atoms with Crippen LogP contribution in [0.15, 0.2) is 72.9 Å². The first kappa shape index (κ1) is 20.2. The predicted octanol–water partition coefficient (Wildman–Crippen LogP) is 4.51. The summed E-state index contributed by atoms with van der Waals surface area (Å²) in [7, 11) is 3.12. The van der Waals surface area contributed by atoms with E-state index in [-0.39, 0.29) is 5.91 Å². The Morgan fingerprint density at radius 3 is 2.35 bits per heavy atom. The lowest BCUT2D eigenvalue weighted by Gasteiger charge is -2.12. The van der Waals surface area contributed by atoms with Crippen LogP contribution in [0.1, 0.15) is 15.9 Å². The average molecular weight is 414 g/mol. The Labute approximate surface area is 180 Å². The van der Waals surface area contributed by atoms with Crippen LogP contribution in [-0.2, 0) is 0 Å². The molecule has 0 aliphatic rings. The first-order chi connectivity index (χ1) is 15.1. The molecule has 4 aromatic rings. The van der Waals surface area contributed by atoms with Gasteiger partial charge >= 0.3 is 0 Å². The van der Waals surface area contributed by atoms with Gasteiger partial charge in [-0.3, -0.25) is 4.79 Å². The molecule has 7 nitrogen and oxygen atoms in total. The number of carbonyl (C=O) groups excluding carboxylic acids is 1. The molecule has 156 valence electrons. The van der Waals surface area contributed by atoms with Crippen molar-refractivity contribution in [1.29, 1.82) is 0 Å². The number of aryl methyl sites for hydroxylation is 1. The van der Waals surface area contributed by atoms with Gasteiger partial charge in [-0.1, -0.05) is 35.0 Å². The molecule has 0 saturated heterocycles. The van der Waals surface area contributed by atoms with Crippen LogP contribution in [-0.4, -0.2) is 35.1 Å². The van der Waals surface area contributed by atoms with Crippen LogP contribution in [0.2, 0.25) is 0 Å². The van der Waals surface area contributed by atoms with E-state index in [0.717, 1.165) is 16.9 Å². The minimum absolute atomic E-state index is 0.243. The molecular formula is C24H22N4O3. The number of anilines is 1. The van der Waals surface area contributed by atoms with Gasteiger partial charge in [0, 0.05) is 17.2 Å². The number of aromatic nitrogens is 3. The molecule has 0 aliphatic carbocycles. The summed E-state index contributed by atoms with van der Waals surface area (Å²) in [6.07, 6.45) is 1.72. The van der Waals surface area contributed by atoms with E-state index < -0.39 is 0 Å². The molecule has 0 spiro atoms. The van der Waals surface area contributed by atoms with E-state index in [0.29, 0.717) is 22.7 Å². The third-order valence-corrected chi connectivity index (χ3v) is 4.93. The van der Waals surface area contributed by atoms with E-state index >= 15 is 0 Å². The van der Waals surface area contributed by atoms with E-state index in [1.165, 1.54) is 5.56 Å². The molecule has 7 heteroatoms. The van der Waals surface area contributed by atoms with E-state index in [1.807, 2.05) is 43.3 Å². The molecule has 0 saturated carbocycles. The molecule has 31 heavy (non-hydrogen) atoms. The van der Waals surface area contributed by atoms with E-state index in [1.54, 1.807) is 55.4 Å². The highest BCUT2D eigenvalue weighted by molar-refractivity contribution is 6.05. The Balaban J connectivity index is 1.55. The Kier molecular flexibility index (Phi) is 5.66. The standard InChI is InChI=1S/C24H22N4O3/c1-16-4-6-17(7-5-16)22-15-25-27-28(22)19-10-8-18(9-11-19)24(29)26-21-13-12-20(30-2)14-23(21)31-3/h4-15H,1-3H3,(H,26,29). The smallest absolute Gasteiger partial charge is 0.255 e. The van der Waals surface area contributed by atoms with Gasteiger partial charge < -0.3 is 14.8 Å². The molecule has 0 unspecified atom stereocenters. The number of hydrogen-bond donors (Lipinski definition) is 1. The van der Waals surface area contributed by atoms with Crippen molar-refractivity contribution in [2.45, 2.75) is 6.92 Å². The fraction of sp³-hybridized carbons (Fsp3) is 0.125. The summed E-state index contributed by atoms with van der Waals surface area (Å²) in [6.45, 7) is 2.05. The molecule has 1 amide bonds. The second-order valence-electron chi connectivity index (χ2n) is 6.96. The highest BCUT2D eigenvalue weighted by Crippen LogP contribution is 2.29. The fourth-order valence-electron chi connectivity index (χ4n) is 3.20. The largest absolute Gasteiger partial charge is 0.497 e. The lowest BCUT2D eigenvalue weighted by Crippen LogP contribution is -2.13. The van der Waals surface area contributed by atoms with Crippen molar-refractivity contribution < 1.29 is 14.3 Å². The maximum Gasteiger partial charge on any atom is 0.255 e. The number of ether oxygens (including phenoxy) is 2. The van der Waals surface area contributed by atoms with Crippen LogP contribution in [0.25, 0.3) is 16.9 Å². The molecule has 4 rings (SSSR count). The van der Waals surface area contributed by atoms with Gasteiger partial charge in [0.2, 0.25) is 0 Å². The molecule has 0 bridgehead atoms. The van der Waals surface area contributed by atoms with Gasteiger partial charge in [-0.2, -0.15) is 0 Å². The normalized spacial score (nSPS) is 10.5. The molecule has 1 N–H and O–H groups in total. The van der Waals surface area contributed by atoms with Crippen molar-refractivity contribution in [3.63, 3.8) is 0 Å². The molecule has 0 atom stereocenters. The molecular weight excluding hydrogens is 392 g/mol. The minimum atomic E-state index is -0.243. The Morgan fingerprint density at radius 1 is 0.935 bits per heavy atom. The second kappa shape index (κ2) is 8.71. The highest BCUT2D eigenvalue weighted by atomic mass is 16.5. The van der Waals surface area contributed by atoms with Crippen molar-refractivity contribution in [3.05, 3.63) is 84.1 Å². The summed E-state index contributed by atoms with van der Waals surface area (Å²) in [5.74, 6) is 0.929. The van der Waals surface area contributed by atoms with Gasteiger partial charge in [-0.05, 0) is 43.3 Å². The van der Waals surface area contributed by atoms with E-state index in [4.69, 9.17) is 9.47 Å². The number of benzene rings is 3. The fourth-order valence-corrected chi connectivity index (χ4v) is 3.20. The first-order valence-corrected chi connectivity index (χ1v) is 9.70. The van der Waals surface area contributed by atoms with Crippen molar-refractivity contribution in [3.8, 4) is 28.4 Å². The van der Waals surface area contributed by atoms with Gasteiger partial charge in [0.25, 0.3) is 5.91 Å². The third kappa shape index (κ3) is 4.25. The maximum absolute atomic E-state index is 12.7. The Bertz CT molecular complexity index is 1200. The number of nitrogens with zero attached hydrogens (tertiary/aromatic N) is 3. The van der Waals surface area contributed by atoms with Gasteiger partial charge in [0.1, 0.15) is 11.5 Å². The zero-order valence-electron chi connectivity index (χ0n) is 17.5. The molecule has 1 aromatic heterocycles. The quantitative estimate of drug-likeness (QED) is 0.502. The average Bonchev–Trinajstić information content (AvgIpc) is 3.30. The zero-order chi connectivity index (χ0) is 21.8. The number of rotatable bonds is 6. The second-order valence-corrected chi connectivity index (χ2v) is 6.96. The lowest BCUT2D eigenvalue weighted by atomic mass is 10.1. The zero-order valence-corrected chi connectivity index (χ0v) is 17.5. The maximum atomic E-state index is 12.7. The van der Waals surface area contributed by atoms with Crippen molar-refractivity contribution in [2.24, 2.45) is 0 Å². The summed E-state index contributed by atoms with van der Waals surface area (Å²) in [5.41, 5.74) is 4.97. The van der Waals surface area contributed by atoms with Crippen LogP contribution in [0.5, 0.6) is 11.5 Å². The Morgan fingerprint density at radius 2 is 1.68 bits per heavy atom. The van der Waals surface area contributed by atoms with Gasteiger partial charge in [0.15, 0.2) is 0 Å². The van der Waals surface area contributed by atoms with Crippen molar-refractivity contribution in [2.75, 3.05) is 19.5 Å². The molecule has 0 radical (unpaired) electrons. The van der Waals surface area contributed by atoms with Gasteiger partial charge in [0.05, 0.1) is 37.5 Å². The molecule has 0 aliphatic heterocycles. The summed E-state index contributed by atoms with van der Waals surface area (Å²) in [4.78, 5) is 12.7. The highest BCUT2D eigenvalue weighted by Gasteiger charge is 2.13. The number of hydrogen-bond acceptors (Lipinski definition) is 5. The molecule has 0 fully saturated rings. The van der Waals surface area contributed by atoms with E-state index in [9.17, 15) is 4.79 Å². The first-order valence-electron chi connectivity index (χ1n) is 9.70. The summed E-state index contributed by atoms with van der Waals surface area (Å²) < 4.78 is 12.3. The number of carbonyl (C=O) groups is 1. The summed E-state index contributed by atoms with van der Waals surface area (Å²) in [6, 6.07) is 20.6. The van der Waals surface area contributed by atoms with Crippen LogP contribution >= 0.6 is 0 Å². The van der Waals surface area contributed by atoms with Crippen molar-refractivity contribution >= 4 is 11.6 Å².